The third-order valence-corrected chi connectivity index (χ3v) is 7.34. The summed E-state index contributed by atoms with van der Waals surface area (Å²) < 4.78 is 91.7. The molecule has 0 amide bonds. The monoisotopic (exact) mass is 517 g/mol. The number of halogens is 4. The van der Waals surface area contributed by atoms with Crippen molar-refractivity contribution in [2.24, 2.45) is 0 Å². The molecule has 0 N–H and O–H groups in total. The van der Waals surface area contributed by atoms with E-state index in [4.69, 9.17) is 16.3 Å². The Morgan fingerprint density at radius 1 is 1.03 bits per heavy atom. The molecule has 0 aliphatic carbocycles. The fourth-order valence-corrected chi connectivity index (χ4v) is 5.90. The van der Waals surface area contributed by atoms with Gasteiger partial charge in [0.15, 0.2) is 0 Å². The lowest BCUT2D eigenvalue weighted by atomic mass is 10.2. The van der Waals surface area contributed by atoms with Crippen LogP contribution in [-0.4, -0.2) is 45.1 Å². The highest BCUT2D eigenvalue weighted by molar-refractivity contribution is 8.03. The smallest absolute Gasteiger partial charge is 0.416 e. The molecule has 0 heterocycles. The van der Waals surface area contributed by atoms with Crippen LogP contribution < -0.4 is 9.75 Å². The van der Waals surface area contributed by atoms with Gasteiger partial charge in [-0.25, -0.2) is 16.8 Å². The second kappa shape index (κ2) is 8.73. The molecule has 0 aliphatic heterocycles. The second-order valence-electron chi connectivity index (χ2n) is 6.38. The van der Waals surface area contributed by atoms with Crippen LogP contribution in [0.1, 0.15) is 5.56 Å². The Balaban J connectivity index is 2.57. The highest BCUT2D eigenvalue weighted by Crippen LogP contribution is 2.39. The van der Waals surface area contributed by atoms with Crippen LogP contribution in [0.3, 0.4) is 0 Å². The predicted octanol–water partition coefficient (Wildman–Crippen LogP) is 3.63. The van der Waals surface area contributed by atoms with Crippen molar-refractivity contribution in [3.8, 4) is 11.5 Å². The Bertz CT molecular complexity index is 1240. The quantitative estimate of drug-likeness (QED) is 0.402. The van der Waals surface area contributed by atoms with Crippen LogP contribution in [0.5, 0.6) is 11.5 Å². The lowest BCUT2D eigenvalue weighted by Crippen LogP contribution is -2.47. The summed E-state index contributed by atoms with van der Waals surface area (Å²) in [5.74, 6) is -0.425. The summed E-state index contributed by atoms with van der Waals surface area (Å²) in [7, 11) is -7.90. The Morgan fingerprint density at radius 2 is 1.59 bits per heavy atom. The molecule has 2 aromatic carbocycles. The van der Waals surface area contributed by atoms with Crippen molar-refractivity contribution in [2.75, 3.05) is 24.6 Å². The van der Waals surface area contributed by atoms with Crippen LogP contribution in [0, 0.1) is 10.1 Å². The van der Waals surface area contributed by atoms with E-state index in [0.29, 0.717) is 29.7 Å². The SMILES string of the molecule is CN(c1cc(Oc2ccc(C(F)(F)F)cc2Cl)ccc1[N+](=O)[O-])N(S(C)(=O)=O)S(C)(=O)=O. The molecule has 0 atom stereocenters. The number of rotatable bonds is 7. The highest BCUT2D eigenvalue weighted by atomic mass is 35.5. The average molecular weight is 518 g/mol. The van der Waals surface area contributed by atoms with E-state index in [9.17, 15) is 40.1 Å². The summed E-state index contributed by atoms with van der Waals surface area (Å²) in [6.07, 6.45) is -3.48. The van der Waals surface area contributed by atoms with E-state index in [2.05, 4.69) is 0 Å². The van der Waals surface area contributed by atoms with E-state index >= 15 is 0 Å². The third-order valence-electron chi connectivity index (χ3n) is 3.79. The van der Waals surface area contributed by atoms with Gasteiger partial charge >= 0.3 is 6.18 Å². The zero-order chi connectivity index (χ0) is 24.6. The van der Waals surface area contributed by atoms with E-state index in [1.54, 1.807) is 0 Å². The number of alkyl halides is 3. The molecular formula is C16H15ClF3N3O7S2. The van der Waals surface area contributed by atoms with E-state index in [1.165, 1.54) is 0 Å². The van der Waals surface area contributed by atoms with Gasteiger partial charge in [-0.05, 0) is 28.1 Å². The van der Waals surface area contributed by atoms with E-state index < -0.39 is 53.1 Å². The summed E-state index contributed by atoms with van der Waals surface area (Å²) in [5, 5.41) is 11.5. The molecule has 176 valence electrons. The number of hydrogen-bond donors (Lipinski definition) is 0. The second-order valence-corrected chi connectivity index (χ2v) is 10.6. The first-order valence-corrected chi connectivity index (χ1v) is 12.3. The molecule has 2 aromatic rings. The molecule has 0 saturated heterocycles. The summed E-state index contributed by atoms with van der Waals surface area (Å²) in [5.41, 5.74) is -2.20. The molecule has 0 bridgehead atoms. The van der Waals surface area contributed by atoms with Gasteiger partial charge in [0.1, 0.15) is 17.2 Å². The molecule has 2 rings (SSSR count). The van der Waals surface area contributed by atoms with Crippen molar-refractivity contribution in [3.05, 3.63) is 57.1 Å². The fraction of sp³-hybridized carbons (Fsp3) is 0.250. The number of ether oxygens (including phenoxy) is 1. The number of hydrazine groups is 1. The van der Waals surface area contributed by atoms with Crippen molar-refractivity contribution in [1.82, 2.24) is 3.82 Å². The number of hydrogen-bond acceptors (Lipinski definition) is 8. The Hall–Kier alpha value is -2.62. The minimum atomic E-state index is -4.65. The number of nitro groups is 1. The molecule has 0 spiro atoms. The molecule has 0 fully saturated rings. The first-order chi connectivity index (χ1) is 14.4. The summed E-state index contributed by atoms with van der Waals surface area (Å²) in [6.45, 7) is 0. The van der Waals surface area contributed by atoms with Crippen molar-refractivity contribution in [2.45, 2.75) is 6.18 Å². The van der Waals surface area contributed by atoms with Gasteiger partial charge < -0.3 is 4.74 Å². The summed E-state index contributed by atoms with van der Waals surface area (Å²) >= 11 is 5.83. The van der Waals surface area contributed by atoms with E-state index in [1.807, 2.05) is 0 Å². The molecule has 0 unspecified atom stereocenters. The Kier molecular flexibility index (Phi) is 6.99. The van der Waals surface area contributed by atoms with Gasteiger partial charge in [-0.2, -0.15) is 13.2 Å². The van der Waals surface area contributed by atoms with Gasteiger partial charge in [-0.15, -0.1) is 0 Å². The zero-order valence-corrected chi connectivity index (χ0v) is 18.9. The van der Waals surface area contributed by atoms with E-state index in [-0.39, 0.29) is 15.3 Å². The normalized spacial score (nSPS) is 12.6. The van der Waals surface area contributed by atoms with Gasteiger partial charge in [0, 0.05) is 19.2 Å². The summed E-state index contributed by atoms with van der Waals surface area (Å²) in [4.78, 5) is 10.5. The third kappa shape index (κ3) is 5.79. The number of benzene rings is 2. The van der Waals surface area contributed by atoms with Gasteiger partial charge in [0.2, 0.25) is 20.0 Å². The molecule has 0 aliphatic rings. The topological polar surface area (TPSA) is 127 Å². The molecule has 32 heavy (non-hydrogen) atoms. The molecule has 10 nitrogen and oxygen atoms in total. The van der Waals surface area contributed by atoms with Crippen LogP contribution in [0.2, 0.25) is 5.02 Å². The van der Waals surface area contributed by atoms with Crippen molar-refractivity contribution < 1.29 is 39.7 Å². The fourth-order valence-electron chi connectivity index (χ4n) is 2.65. The maximum atomic E-state index is 12.8. The standard InChI is InChI=1S/C16H15ClF3N3O7S2/c1-21(23(31(2,26)27)32(3,28)29)14-9-11(5-6-13(14)22(24)25)30-15-7-4-10(8-12(15)17)16(18,19)20/h4-9H,1-3H3. The van der Waals surface area contributed by atoms with Crippen LogP contribution in [-0.2, 0) is 26.2 Å². The maximum absolute atomic E-state index is 12.8. The van der Waals surface area contributed by atoms with Crippen LogP contribution in [0.4, 0.5) is 24.5 Å². The van der Waals surface area contributed by atoms with Crippen molar-refractivity contribution in [3.63, 3.8) is 0 Å². The lowest BCUT2D eigenvalue weighted by Gasteiger charge is -2.29. The first kappa shape index (κ1) is 25.6. The molecule has 16 heteroatoms. The molecule has 0 saturated carbocycles. The van der Waals surface area contributed by atoms with Crippen LogP contribution in [0.25, 0.3) is 0 Å². The van der Waals surface area contributed by atoms with E-state index in [0.717, 1.165) is 31.3 Å². The number of anilines is 1. The highest BCUT2D eigenvalue weighted by Gasteiger charge is 2.35. The number of nitrogens with zero attached hydrogens (tertiary/aromatic N) is 3. The van der Waals surface area contributed by atoms with Gasteiger partial charge in [-0.3, -0.25) is 15.1 Å². The Labute approximate surface area is 186 Å². The molecular weight excluding hydrogens is 503 g/mol. The van der Waals surface area contributed by atoms with Crippen molar-refractivity contribution >= 4 is 43.0 Å². The Morgan fingerprint density at radius 3 is 2.03 bits per heavy atom. The first-order valence-electron chi connectivity index (χ1n) is 8.20. The van der Waals surface area contributed by atoms with Gasteiger partial charge in [0.05, 0.1) is 28.0 Å². The zero-order valence-electron chi connectivity index (χ0n) is 16.5. The van der Waals surface area contributed by atoms with Gasteiger partial charge in [0.25, 0.3) is 5.69 Å². The minimum absolute atomic E-state index is 0.0583. The van der Waals surface area contributed by atoms with Crippen LogP contribution in [0.15, 0.2) is 36.4 Å². The minimum Gasteiger partial charge on any atom is -0.456 e. The number of sulfonamides is 2. The average Bonchev–Trinajstić information content (AvgIpc) is 2.59. The molecule has 0 aromatic heterocycles. The van der Waals surface area contributed by atoms with Crippen molar-refractivity contribution in [1.29, 1.82) is 0 Å². The van der Waals surface area contributed by atoms with Gasteiger partial charge in [-0.1, -0.05) is 11.6 Å². The maximum Gasteiger partial charge on any atom is 0.416 e. The van der Waals surface area contributed by atoms with Crippen LogP contribution >= 0.6 is 11.6 Å². The lowest BCUT2D eigenvalue weighted by molar-refractivity contribution is -0.384. The summed E-state index contributed by atoms with van der Waals surface area (Å²) in [6, 6.07) is 5.17. The predicted molar refractivity (Wildman–Crippen MR) is 110 cm³/mol. The number of nitro benzene ring substituents is 1. The molecule has 0 radical (unpaired) electrons. The largest absolute Gasteiger partial charge is 0.456 e.